The van der Waals surface area contributed by atoms with Crippen LogP contribution in [0, 0.1) is 5.82 Å². The summed E-state index contributed by atoms with van der Waals surface area (Å²) < 4.78 is 18.5. The van der Waals surface area contributed by atoms with Gasteiger partial charge < -0.3 is 9.72 Å². The molecule has 0 aliphatic heterocycles. The van der Waals surface area contributed by atoms with Crippen LogP contribution in [-0.2, 0) is 19.3 Å². The zero-order valence-corrected chi connectivity index (χ0v) is 15.9. The summed E-state index contributed by atoms with van der Waals surface area (Å²) in [7, 11) is 1.39. The highest BCUT2D eigenvalue weighted by molar-refractivity contribution is 6.31. The van der Waals surface area contributed by atoms with Crippen molar-refractivity contribution in [3.63, 3.8) is 0 Å². The van der Waals surface area contributed by atoms with E-state index in [0.717, 1.165) is 27.7 Å². The summed E-state index contributed by atoms with van der Waals surface area (Å²) in [5.74, 6) is 0.228. The van der Waals surface area contributed by atoms with Crippen molar-refractivity contribution in [3.8, 4) is 5.88 Å². The summed E-state index contributed by atoms with van der Waals surface area (Å²) in [5, 5.41) is 1.59. The number of pyridine rings is 2. The van der Waals surface area contributed by atoms with Crippen molar-refractivity contribution >= 4 is 22.6 Å². The Morgan fingerprint density at radius 2 is 1.79 bits per heavy atom. The Morgan fingerprint density at radius 3 is 2.54 bits per heavy atom. The van der Waals surface area contributed by atoms with Gasteiger partial charge in [-0.1, -0.05) is 11.6 Å². The van der Waals surface area contributed by atoms with Crippen LogP contribution in [0.25, 0.3) is 11.0 Å². The normalized spacial score (nSPS) is 11.1. The van der Waals surface area contributed by atoms with E-state index < -0.39 is 5.82 Å². The number of fused-ring (bicyclic) bond motifs is 1. The predicted molar refractivity (Wildman–Crippen MR) is 104 cm³/mol. The fourth-order valence-corrected chi connectivity index (χ4v) is 3.17. The second-order valence-electron chi connectivity index (χ2n) is 6.38. The van der Waals surface area contributed by atoms with Gasteiger partial charge in [0.05, 0.1) is 12.1 Å². The van der Waals surface area contributed by atoms with Crippen LogP contribution in [0.1, 0.15) is 22.5 Å². The molecule has 0 atom stereocenters. The topological polar surface area (TPSA) is 76.6 Å². The van der Waals surface area contributed by atoms with Crippen molar-refractivity contribution < 1.29 is 9.13 Å². The van der Waals surface area contributed by atoms with E-state index >= 15 is 0 Å². The molecule has 142 valence electrons. The van der Waals surface area contributed by atoms with Crippen LogP contribution in [0.2, 0.25) is 5.02 Å². The molecule has 0 aliphatic carbocycles. The molecule has 1 N–H and O–H groups in total. The molecule has 4 aromatic heterocycles. The summed E-state index contributed by atoms with van der Waals surface area (Å²) in [5.41, 5.74) is 3.65. The van der Waals surface area contributed by atoms with Gasteiger partial charge in [0.15, 0.2) is 5.82 Å². The molecule has 28 heavy (non-hydrogen) atoms. The Morgan fingerprint density at radius 1 is 1.00 bits per heavy atom. The van der Waals surface area contributed by atoms with Gasteiger partial charge in [-0.15, -0.1) is 0 Å². The molecule has 0 unspecified atom stereocenters. The standard InChI is InChI=1S/C20H17ClFN5O/c1-28-20-17(22)5-12(7-27-20)2-3-18-23-8-13(9-24-18)4-14-10-25-19-16(14)6-15(21)11-26-19/h5-11H,2-4H2,1H3,(H,25,26). The number of ether oxygens (including phenoxy) is 1. The molecular formula is C20H17ClFN5O. The van der Waals surface area contributed by atoms with Crippen molar-refractivity contribution in [1.29, 1.82) is 0 Å². The number of aromatic amines is 1. The first-order valence-corrected chi connectivity index (χ1v) is 9.10. The minimum atomic E-state index is -0.468. The van der Waals surface area contributed by atoms with Crippen LogP contribution in [0.3, 0.4) is 0 Å². The van der Waals surface area contributed by atoms with Gasteiger partial charge in [0, 0.05) is 49.2 Å². The summed E-state index contributed by atoms with van der Waals surface area (Å²) in [6.07, 6.45) is 10.6. The highest BCUT2D eigenvalue weighted by atomic mass is 35.5. The molecule has 0 radical (unpaired) electrons. The fourth-order valence-electron chi connectivity index (χ4n) is 3.01. The predicted octanol–water partition coefficient (Wildman–Crippen LogP) is 3.93. The number of nitrogens with zero attached hydrogens (tertiary/aromatic N) is 4. The minimum absolute atomic E-state index is 0.00174. The maximum Gasteiger partial charge on any atom is 0.250 e. The number of nitrogens with one attached hydrogen (secondary N) is 1. The lowest BCUT2D eigenvalue weighted by Gasteiger charge is -2.05. The summed E-state index contributed by atoms with van der Waals surface area (Å²) in [4.78, 5) is 20.2. The van der Waals surface area contributed by atoms with E-state index in [1.165, 1.54) is 13.2 Å². The van der Waals surface area contributed by atoms with Gasteiger partial charge in [0.25, 0.3) is 0 Å². The van der Waals surface area contributed by atoms with Crippen LogP contribution in [-0.4, -0.2) is 32.0 Å². The molecule has 0 amide bonds. The van der Waals surface area contributed by atoms with Crippen molar-refractivity contribution in [3.05, 3.63) is 76.5 Å². The van der Waals surface area contributed by atoms with Gasteiger partial charge in [-0.3, -0.25) is 0 Å². The molecule has 6 nitrogen and oxygen atoms in total. The van der Waals surface area contributed by atoms with Crippen LogP contribution in [0.5, 0.6) is 5.88 Å². The molecule has 0 saturated heterocycles. The van der Waals surface area contributed by atoms with Gasteiger partial charge in [-0.2, -0.15) is 0 Å². The third-order valence-electron chi connectivity index (χ3n) is 4.43. The molecular weight excluding hydrogens is 381 g/mol. The number of H-pyrrole nitrogens is 1. The first-order chi connectivity index (χ1) is 13.6. The first-order valence-electron chi connectivity index (χ1n) is 8.72. The molecule has 8 heteroatoms. The van der Waals surface area contributed by atoms with Crippen molar-refractivity contribution in [1.82, 2.24) is 24.9 Å². The number of halogens is 2. The van der Waals surface area contributed by atoms with Crippen LogP contribution >= 0.6 is 11.6 Å². The van der Waals surface area contributed by atoms with Crippen LogP contribution in [0.15, 0.2) is 43.1 Å². The van der Waals surface area contributed by atoms with Crippen molar-refractivity contribution in [2.24, 2.45) is 0 Å². The van der Waals surface area contributed by atoms with Gasteiger partial charge >= 0.3 is 0 Å². The highest BCUT2D eigenvalue weighted by Crippen LogP contribution is 2.22. The quantitative estimate of drug-likeness (QED) is 0.533. The summed E-state index contributed by atoms with van der Waals surface area (Å²) in [6, 6.07) is 3.32. The molecule has 0 saturated carbocycles. The van der Waals surface area contributed by atoms with Crippen molar-refractivity contribution in [2.45, 2.75) is 19.3 Å². The zero-order chi connectivity index (χ0) is 19.5. The second-order valence-corrected chi connectivity index (χ2v) is 6.82. The van der Waals surface area contributed by atoms with Gasteiger partial charge in [-0.25, -0.2) is 24.3 Å². The molecule has 0 aliphatic rings. The van der Waals surface area contributed by atoms with E-state index in [0.29, 0.717) is 30.1 Å². The molecule has 0 spiro atoms. The molecule has 0 aromatic carbocycles. The maximum atomic E-state index is 13.7. The smallest absolute Gasteiger partial charge is 0.250 e. The lowest BCUT2D eigenvalue weighted by Crippen LogP contribution is -2.01. The number of methoxy groups -OCH3 is 1. The van der Waals surface area contributed by atoms with E-state index in [4.69, 9.17) is 16.3 Å². The van der Waals surface area contributed by atoms with Crippen LogP contribution < -0.4 is 4.74 Å². The minimum Gasteiger partial charge on any atom is -0.479 e. The SMILES string of the molecule is COc1ncc(CCc2ncc(Cc3c[nH]c4ncc(Cl)cc34)cn2)cc1F. The summed E-state index contributed by atoms with van der Waals surface area (Å²) in [6.45, 7) is 0. The van der Waals surface area contributed by atoms with Crippen LogP contribution in [0.4, 0.5) is 4.39 Å². The molecule has 4 aromatic rings. The average molecular weight is 398 g/mol. The van der Waals surface area contributed by atoms with E-state index in [9.17, 15) is 4.39 Å². The van der Waals surface area contributed by atoms with Gasteiger partial charge in [0.2, 0.25) is 5.88 Å². The van der Waals surface area contributed by atoms with Gasteiger partial charge in [0.1, 0.15) is 11.5 Å². The fraction of sp³-hybridized carbons (Fsp3) is 0.200. The third kappa shape index (κ3) is 3.94. The highest BCUT2D eigenvalue weighted by Gasteiger charge is 2.09. The number of hydrogen-bond acceptors (Lipinski definition) is 5. The van der Waals surface area contributed by atoms with E-state index in [1.807, 2.05) is 24.7 Å². The molecule has 4 rings (SSSR count). The zero-order valence-electron chi connectivity index (χ0n) is 15.1. The summed E-state index contributed by atoms with van der Waals surface area (Å²) >= 11 is 6.05. The first kappa shape index (κ1) is 18.3. The van der Waals surface area contributed by atoms with E-state index in [-0.39, 0.29) is 5.88 Å². The van der Waals surface area contributed by atoms with Gasteiger partial charge in [-0.05, 0) is 35.2 Å². The van der Waals surface area contributed by atoms with Crippen molar-refractivity contribution in [2.75, 3.05) is 7.11 Å². The lowest BCUT2D eigenvalue weighted by atomic mass is 10.1. The van der Waals surface area contributed by atoms with E-state index in [1.54, 1.807) is 12.4 Å². The third-order valence-corrected chi connectivity index (χ3v) is 4.64. The maximum absolute atomic E-state index is 13.7. The Bertz CT molecular complexity index is 1110. The molecule has 0 fully saturated rings. The second kappa shape index (κ2) is 7.90. The Hall–Kier alpha value is -3.06. The van der Waals surface area contributed by atoms with E-state index in [2.05, 4.69) is 24.9 Å². The molecule has 4 heterocycles. The number of aryl methyl sites for hydroxylation is 2. The Labute approximate surface area is 165 Å². The average Bonchev–Trinajstić information content (AvgIpc) is 3.09. The molecule has 0 bridgehead atoms. The monoisotopic (exact) mass is 397 g/mol. The number of aromatic nitrogens is 5. The number of rotatable bonds is 6. The Kier molecular flexibility index (Phi) is 5.16. The lowest BCUT2D eigenvalue weighted by molar-refractivity contribution is 0.368. The Balaban J connectivity index is 1.42. The number of hydrogen-bond donors (Lipinski definition) is 1. The largest absolute Gasteiger partial charge is 0.479 e.